The maximum atomic E-state index is 12.7. The number of nitrogens with zero attached hydrogens (tertiary/aromatic N) is 1. The van der Waals surface area contributed by atoms with Crippen LogP contribution in [-0.4, -0.2) is 13.0 Å². The largest absolute Gasteiger partial charge is 0.347 e. The third kappa shape index (κ3) is 2.49. The van der Waals surface area contributed by atoms with Crippen molar-refractivity contribution < 1.29 is 8.42 Å². The lowest BCUT2D eigenvalue weighted by molar-refractivity contribution is 0.601. The number of anilines is 1. The van der Waals surface area contributed by atoms with E-state index < -0.39 is 10.0 Å². The molecule has 0 fully saturated rings. The third-order valence-electron chi connectivity index (χ3n) is 4.83. The van der Waals surface area contributed by atoms with Gasteiger partial charge in [-0.1, -0.05) is 18.2 Å². The smallest absolute Gasteiger partial charge is 0.261 e. The highest BCUT2D eigenvalue weighted by Crippen LogP contribution is 2.33. The van der Waals surface area contributed by atoms with Crippen LogP contribution in [0.4, 0.5) is 5.69 Å². The van der Waals surface area contributed by atoms with E-state index in [1.807, 2.05) is 30.3 Å². The predicted molar refractivity (Wildman–Crippen MR) is 96.8 cm³/mol. The SMILES string of the molecule is Cn1c2c(c3cc(S(=O)(=O)Nc4ccccc4)ccc31)CCCC2. The molecule has 0 aliphatic heterocycles. The summed E-state index contributed by atoms with van der Waals surface area (Å²) in [6, 6.07) is 14.4. The Morgan fingerprint density at radius 1 is 1.00 bits per heavy atom. The van der Waals surface area contributed by atoms with Gasteiger partial charge in [-0.25, -0.2) is 8.42 Å². The fraction of sp³-hybridized carbons (Fsp3) is 0.263. The molecule has 5 heteroatoms. The number of fused-ring (bicyclic) bond motifs is 3. The molecule has 1 aromatic heterocycles. The van der Waals surface area contributed by atoms with Crippen LogP contribution in [0.25, 0.3) is 10.9 Å². The summed E-state index contributed by atoms with van der Waals surface area (Å²) in [6.07, 6.45) is 4.48. The fourth-order valence-corrected chi connectivity index (χ4v) is 4.72. The van der Waals surface area contributed by atoms with Gasteiger partial charge in [0.15, 0.2) is 0 Å². The number of hydrogen-bond acceptors (Lipinski definition) is 2. The first-order chi connectivity index (χ1) is 11.6. The lowest BCUT2D eigenvalue weighted by atomic mass is 9.96. The third-order valence-corrected chi connectivity index (χ3v) is 6.21. The van der Waals surface area contributed by atoms with Crippen LogP contribution >= 0.6 is 0 Å². The lowest BCUT2D eigenvalue weighted by Gasteiger charge is -2.13. The summed E-state index contributed by atoms with van der Waals surface area (Å²) in [5.41, 5.74) is 4.35. The molecule has 1 aliphatic rings. The van der Waals surface area contributed by atoms with Crippen LogP contribution in [0, 0.1) is 0 Å². The Morgan fingerprint density at radius 3 is 2.54 bits per heavy atom. The summed E-state index contributed by atoms with van der Waals surface area (Å²) >= 11 is 0. The monoisotopic (exact) mass is 340 g/mol. The average molecular weight is 340 g/mol. The zero-order valence-electron chi connectivity index (χ0n) is 13.6. The molecule has 1 heterocycles. The van der Waals surface area contributed by atoms with E-state index in [0.29, 0.717) is 10.6 Å². The summed E-state index contributed by atoms with van der Waals surface area (Å²) < 4.78 is 30.3. The maximum absolute atomic E-state index is 12.7. The highest BCUT2D eigenvalue weighted by Gasteiger charge is 2.21. The molecule has 3 aromatic rings. The summed E-state index contributed by atoms with van der Waals surface area (Å²) in [4.78, 5) is 0.317. The number of sulfonamides is 1. The maximum Gasteiger partial charge on any atom is 0.261 e. The van der Waals surface area contributed by atoms with Crippen LogP contribution in [-0.2, 0) is 29.9 Å². The second kappa shape index (κ2) is 5.67. The number of rotatable bonds is 3. The molecule has 0 unspecified atom stereocenters. The Morgan fingerprint density at radius 2 is 1.75 bits per heavy atom. The average Bonchev–Trinajstić information content (AvgIpc) is 2.88. The fourth-order valence-electron chi connectivity index (χ4n) is 3.63. The van der Waals surface area contributed by atoms with Crippen LogP contribution in [0.3, 0.4) is 0 Å². The first-order valence-electron chi connectivity index (χ1n) is 8.24. The molecule has 0 amide bonds. The molecule has 124 valence electrons. The molecule has 24 heavy (non-hydrogen) atoms. The van der Waals surface area contributed by atoms with Crippen molar-refractivity contribution in [2.75, 3.05) is 4.72 Å². The second-order valence-electron chi connectivity index (χ2n) is 6.34. The van der Waals surface area contributed by atoms with Gasteiger partial charge >= 0.3 is 0 Å². The summed E-state index contributed by atoms with van der Waals surface area (Å²) in [6.45, 7) is 0. The number of hydrogen-bond donors (Lipinski definition) is 1. The van der Waals surface area contributed by atoms with Gasteiger partial charge in [-0.3, -0.25) is 4.72 Å². The van der Waals surface area contributed by atoms with Crippen molar-refractivity contribution in [1.82, 2.24) is 4.57 Å². The number of para-hydroxylation sites is 1. The standard InChI is InChI=1S/C19H20N2O2S/c1-21-18-10-6-5-9-16(18)17-13-15(11-12-19(17)21)24(22,23)20-14-7-3-2-4-8-14/h2-4,7-8,11-13,20H,5-6,9-10H2,1H3. The minimum atomic E-state index is -3.58. The molecule has 0 radical (unpaired) electrons. The molecule has 1 N–H and O–H groups in total. The van der Waals surface area contributed by atoms with Gasteiger partial charge in [0.2, 0.25) is 0 Å². The Labute approximate surface area is 142 Å². The molecule has 0 atom stereocenters. The van der Waals surface area contributed by atoms with E-state index >= 15 is 0 Å². The van der Waals surface area contributed by atoms with Crippen molar-refractivity contribution in [3.05, 3.63) is 59.8 Å². The van der Waals surface area contributed by atoms with Crippen molar-refractivity contribution in [3.63, 3.8) is 0 Å². The molecule has 0 saturated heterocycles. The zero-order chi connectivity index (χ0) is 16.7. The first-order valence-corrected chi connectivity index (χ1v) is 9.72. The number of benzene rings is 2. The van der Waals surface area contributed by atoms with Gasteiger partial charge in [0.25, 0.3) is 10.0 Å². The highest BCUT2D eigenvalue weighted by molar-refractivity contribution is 7.92. The van der Waals surface area contributed by atoms with Crippen LogP contribution < -0.4 is 4.72 Å². The molecule has 0 saturated carbocycles. The predicted octanol–water partition coefficient (Wildman–Crippen LogP) is 3.86. The van der Waals surface area contributed by atoms with Crippen molar-refractivity contribution in [3.8, 4) is 0 Å². The van der Waals surface area contributed by atoms with E-state index in [-0.39, 0.29) is 0 Å². The van der Waals surface area contributed by atoms with Crippen molar-refractivity contribution in [2.45, 2.75) is 30.6 Å². The minimum Gasteiger partial charge on any atom is -0.347 e. The minimum absolute atomic E-state index is 0.317. The van der Waals surface area contributed by atoms with E-state index in [1.165, 1.54) is 24.1 Å². The summed E-state index contributed by atoms with van der Waals surface area (Å²) in [5, 5.41) is 1.07. The Kier molecular flexibility index (Phi) is 3.61. The van der Waals surface area contributed by atoms with E-state index in [2.05, 4.69) is 16.3 Å². The normalized spacial score (nSPS) is 14.5. The Balaban J connectivity index is 1.80. The van der Waals surface area contributed by atoms with Gasteiger partial charge in [-0.15, -0.1) is 0 Å². The summed E-state index contributed by atoms with van der Waals surface area (Å²) in [5.74, 6) is 0. The molecular weight excluding hydrogens is 320 g/mol. The summed E-state index contributed by atoms with van der Waals surface area (Å²) in [7, 11) is -1.51. The molecule has 1 aliphatic carbocycles. The van der Waals surface area contributed by atoms with Crippen LogP contribution in [0.2, 0.25) is 0 Å². The van der Waals surface area contributed by atoms with Gasteiger partial charge in [0.05, 0.1) is 4.90 Å². The van der Waals surface area contributed by atoms with Gasteiger partial charge < -0.3 is 4.57 Å². The van der Waals surface area contributed by atoms with Gasteiger partial charge in [-0.2, -0.15) is 0 Å². The quantitative estimate of drug-likeness (QED) is 0.787. The number of nitrogens with one attached hydrogen (secondary N) is 1. The molecule has 0 bridgehead atoms. The van der Waals surface area contributed by atoms with Crippen LogP contribution in [0.5, 0.6) is 0 Å². The van der Waals surface area contributed by atoms with Crippen molar-refractivity contribution in [1.29, 1.82) is 0 Å². The van der Waals surface area contributed by atoms with Gasteiger partial charge in [0, 0.05) is 29.3 Å². The molecule has 0 spiro atoms. The molecular formula is C19H20N2O2S. The van der Waals surface area contributed by atoms with Crippen LogP contribution in [0.15, 0.2) is 53.4 Å². The lowest BCUT2D eigenvalue weighted by Crippen LogP contribution is -2.12. The van der Waals surface area contributed by atoms with Gasteiger partial charge in [0.1, 0.15) is 0 Å². The van der Waals surface area contributed by atoms with Gasteiger partial charge in [-0.05, 0) is 61.6 Å². The topological polar surface area (TPSA) is 51.1 Å². The van der Waals surface area contributed by atoms with E-state index in [1.54, 1.807) is 18.2 Å². The van der Waals surface area contributed by atoms with E-state index in [4.69, 9.17) is 0 Å². The molecule has 4 rings (SSSR count). The number of aryl methyl sites for hydroxylation is 2. The number of aromatic nitrogens is 1. The van der Waals surface area contributed by atoms with Crippen LogP contribution in [0.1, 0.15) is 24.1 Å². The second-order valence-corrected chi connectivity index (χ2v) is 8.02. The van der Waals surface area contributed by atoms with Crippen molar-refractivity contribution >= 4 is 26.6 Å². The molecule has 2 aromatic carbocycles. The Bertz CT molecular complexity index is 1000. The molecule has 4 nitrogen and oxygen atoms in total. The van der Waals surface area contributed by atoms with E-state index in [9.17, 15) is 8.42 Å². The van der Waals surface area contributed by atoms with E-state index in [0.717, 1.165) is 23.7 Å². The van der Waals surface area contributed by atoms with Crippen molar-refractivity contribution in [2.24, 2.45) is 7.05 Å². The zero-order valence-corrected chi connectivity index (χ0v) is 14.4. The first kappa shape index (κ1) is 15.3. The Hall–Kier alpha value is -2.27. The highest BCUT2D eigenvalue weighted by atomic mass is 32.2.